The molecule has 1 rings (SSSR count). The third-order valence-electron chi connectivity index (χ3n) is 2.03. The van der Waals surface area contributed by atoms with Crippen LogP contribution in [0.2, 0.25) is 0 Å². The van der Waals surface area contributed by atoms with E-state index in [1.807, 2.05) is 25.1 Å². The van der Waals surface area contributed by atoms with Gasteiger partial charge < -0.3 is 5.11 Å². The Kier molecular flexibility index (Phi) is 3.65. The topological polar surface area (TPSA) is 37.3 Å². The van der Waals surface area contributed by atoms with Gasteiger partial charge in [-0.3, -0.25) is 4.79 Å². The summed E-state index contributed by atoms with van der Waals surface area (Å²) in [5.41, 5.74) is 2.86. The second-order valence-electron chi connectivity index (χ2n) is 3.15. The van der Waals surface area contributed by atoms with Crippen molar-refractivity contribution in [1.82, 2.24) is 0 Å². The Morgan fingerprint density at radius 3 is 2.85 bits per heavy atom. The summed E-state index contributed by atoms with van der Waals surface area (Å²) >= 11 is 0. The molecule has 0 amide bonds. The summed E-state index contributed by atoms with van der Waals surface area (Å²) < 4.78 is 0. The summed E-state index contributed by atoms with van der Waals surface area (Å²) in [6, 6.07) is 5.81. The first kappa shape index (κ1) is 9.93. The fraction of sp³-hybridized carbons (Fsp3) is 0.364. The Balaban J connectivity index is 2.86. The second kappa shape index (κ2) is 4.77. The molecule has 70 valence electrons. The van der Waals surface area contributed by atoms with E-state index in [9.17, 15) is 4.79 Å². The van der Waals surface area contributed by atoms with E-state index in [1.165, 1.54) is 0 Å². The highest BCUT2D eigenvalue weighted by Gasteiger charge is 2.00. The van der Waals surface area contributed by atoms with Gasteiger partial charge in [0.25, 0.3) is 0 Å². The van der Waals surface area contributed by atoms with Crippen molar-refractivity contribution in [3.63, 3.8) is 0 Å². The highest BCUT2D eigenvalue weighted by molar-refractivity contribution is 5.77. The van der Waals surface area contributed by atoms with E-state index in [1.54, 1.807) is 0 Å². The van der Waals surface area contributed by atoms with Gasteiger partial charge >= 0.3 is 0 Å². The molecule has 0 atom stereocenters. The molecule has 1 aromatic rings. The highest BCUT2D eigenvalue weighted by Crippen LogP contribution is 2.11. The molecule has 2 nitrogen and oxygen atoms in total. The number of aliphatic hydroxyl groups is 1. The molecule has 0 bridgehead atoms. The summed E-state index contributed by atoms with van der Waals surface area (Å²) in [6.07, 6.45) is 2.36. The van der Waals surface area contributed by atoms with Gasteiger partial charge in [-0.05, 0) is 31.4 Å². The molecule has 0 aliphatic rings. The first-order valence-electron chi connectivity index (χ1n) is 4.43. The molecule has 0 fully saturated rings. The van der Waals surface area contributed by atoms with Crippen LogP contribution in [0.4, 0.5) is 0 Å². The van der Waals surface area contributed by atoms with Gasteiger partial charge in [-0.25, -0.2) is 0 Å². The lowest BCUT2D eigenvalue weighted by Gasteiger charge is -2.04. The number of hydrogen-bond acceptors (Lipinski definition) is 2. The summed E-state index contributed by atoms with van der Waals surface area (Å²) in [4.78, 5) is 10.7. The van der Waals surface area contributed by atoms with Gasteiger partial charge in [-0.15, -0.1) is 0 Å². The zero-order valence-corrected chi connectivity index (χ0v) is 7.79. The van der Waals surface area contributed by atoms with Crippen molar-refractivity contribution in [2.24, 2.45) is 0 Å². The Morgan fingerprint density at radius 1 is 1.46 bits per heavy atom. The quantitative estimate of drug-likeness (QED) is 0.713. The molecule has 0 aliphatic heterocycles. The zero-order chi connectivity index (χ0) is 9.68. The molecular formula is C11H14O2. The average Bonchev–Trinajstić information content (AvgIpc) is 2.16. The van der Waals surface area contributed by atoms with Crippen molar-refractivity contribution in [2.45, 2.75) is 19.8 Å². The van der Waals surface area contributed by atoms with Gasteiger partial charge in [-0.2, -0.15) is 0 Å². The number of carbonyl (C=O) groups is 1. The van der Waals surface area contributed by atoms with Crippen LogP contribution in [-0.4, -0.2) is 18.0 Å². The fourth-order valence-electron chi connectivity index (χ4n) is 1.32. The predicted octanol–water partition coefficient (Wildman–Crippen LogP) is 1.73. The summed E-state index contributed by atoms with van der Waals surface area (Å²) in [5, 5.41) is 8.66. The Morgan fingerprint density at radius 2 is 2.23 bits per heavy atom. The van der Waals surface area contributed by atoms with E-state index >= 15 is 0 Å². The maximum Gasteiger partial charge on any atom is 0.150 e. The largest absolute Gasteiger partial charge is 0.396 e. The third-order valence-corrected chi connectivity index (χ3v) is 2.03. The minimum Gasteiger partial charge on any atom is -0.396 e. The molecule has 1 aromatic carbocycles. The molecule has 1 N–H and O–H groups in total. The van der Waals surface area contributed by atoms with Crippen LogP contribution in [-0.2, 0) is 6.42 Å². The van der Waals surface area contributed by atoms with Crippen molar-refractivity contribution in [1.29, 1.82) is 0 Å². The summed E-state index contributed by atoms with van der Waals surface area (Å²) in [7, 11) is 0. The lowest BCUT2D eigenvalue weighted by molar-refractivity contribution is 0.112. The average molecular weight is 178 g/mol. The smallest absolute Gasteiger partial charge is 0.150 e. The third kappa shape index (κ3) is 2.67. The monoisotopic (exact) mass is 178 g/mol. The molecule has 0 radical (unpaired) electrons. The maximum absolute atomic E-state index is 10.7. The van der Waals surface area contributed by atoms with Crippen LogP contribution in [0.5, 0.6) is 0 Å². The number of aldehydes is 1. The Bertz CT molecular complexity index is 292. The van der Waals surface area contributed by atoms with Gasteiger partial charge in [0.15, 0.2) is 0 Å². The molecule has 0 saturated heterocycles. The number of aryl methyl sites for hydroxylation is 2. The summed E-state index contributed by atoms with van der Waals surface area (Å²) in [6.45, 7) is 2.13. The Labute approximate surface area is 78.2 Å². The van der Waals surface area contributed by atoms with E-state index in [-0.39, 0.29) is 6.61 Å². The van der Waals surface area contributed by atoms with Gasteiger partial charge in [0, 0.05) is 12.2 Å². The minimum atomic E-state index is 0.173. The summed E-state index contributed by atoms with van der Waals surface area (Å²) in [5.74, 6) is 0. The number of aliphatic hydroxyl groups excluding tert-OH is 1. The maximum atomic E-state index is 10.7. The number of benzene rings is 1. The van der Waals surface area contributed by atoms with Crippen molar-refractivity contribution in [2.75, 3.05) is 6.61 Å². The van der Waals surface area contributed by atoms with Crippen LogP contribution in [0.25, 0.3) is 0 Å². The van der Waals surface area contributed by atoms with Gasteiger partial charge in [0.05, 0.1) is 0 Å². The van der Waals surface area contributed by atoms with Crippen LogP contribution in [0, 0.1) is 6.92 Å². The standard InChI is InChI=1S/C11H14O2/c1-9-4-5-10(3-2-6-12)11(7-9)8-13/h4-5,7-8,12H,2-3,6H2,1H3. The number of hydrogen-bond donors (Lipinski definition) is 1. The molecule has 13 heavy (non-hydrogen) atoms. The molecule has 2 heteroatoms. The van der Waals surface area contributed by atoms with E-state index in [0.29, 0.717) is 6.42 Å². The molecule has 0 aliphatic carbocycles. The molecule has 0 aromatic heterocycles. The molecule has 0 saturated carbocycles. The molecule has 0 unspecified atom stereocenters. The van der Waals surface area contributed by atoms with Crippen molar-refractivity contribution in [3.05, 3.63) is 34.9 Å². The van der Waals surface area contributed by atoms with Crippen LogP contribution >= 0.6 is 0 Å². The van der Waals surface area contributed by atoms with Crippen molar-refractivity contribution in [3.8, 4) is 0 Å². The normalized spacial score (nSPS) is 10.0. The van der Waals surface area contributed by atoms with Crippen LogP contribution in [0.3, 0.4) is 0 Å². The lowest BCUT2D eigenvalue weighted by atomic mass is 10.0. The highest BCUT2D eigenvalue weighted by atomic mass is 16.2. The lowest BCUT2D eigenvalue weighted by Crippen LogP contribution is -1.95. The van der Waals surface area contributed by atoms with Crippen LogP contribution < -0.4 is 0 Å². The van der Waals surface area contributed by atoms with Crippen molar-refractivity contribution >= 4 is 6.29 Å². The van der Waals surface area contributed by atoms with E-state index in [0.717, 1.165) is 29.4 Å². The SMILES string of the molecule is Cc1ccc(CCCO)c(C=O)c1. The van der Waals surface area contributed by atoms with Gasteiger partial charge in [0.1, 0.15) is 6.29 Å². The Hall–Kier alpha value is -1.15. The zero-order valence-electron chi connectivity index (χ0n) is 7.79. The van der Waals surface area contributed by atoms with Crippen LogP contribution in [0.15, 0.2) is 18.2 Å². The number of carbonyl (C=O) groups excluding carboxylic acids is 1. The first-order chi connectivity index (χ1) is 6.27. The molecule has 0 spiro atoms. The predicted molar refractivity (Wildman–Crippen MR) is 52.0 cm³/mol. The van der Waals surface area contributed by atoms with Gasteiger partial charge in [-0.1, -0.05) is 17.7 Å². The van der Waals surface area contributed by atoms with Crippen molar-refractivity contribution < 1.29 is 9.90 Å². The fourth-order valence-corrected chi connectivity index (χ4v) is 1.32. The first-order valence-corrected chi connectivity index (χ1v) is 4.43. The van der Waals surface area contributed by atoms with Gasteiger partial charge in [0.2, 0.25) is 0 Å². The van der Waals surface area contributed by atoms with E-state index in [2.05, 4.69) is 0 Å². The second-order valence-corrected chi connectivity index (χ2v) is 3.15. The molecular weight excluding hydrogens is 164 g/mol. The minimum absolute atomic E-state index is 0.173. The van der Waals surface area contributed by atoms with Crippen LogP contribution in [0.1, 0.15) is 27.9 Å². The number of rotatable bonds is 4. The molecule has 0 heterocycles. The van der Waals surface area contributed by atoms with E-state index < -0.39 is 0 Å². The van der Waals surface area contributed by atoms with E-state index in [4.69, 9.17) is 5.11 Å².